The van der Waals surface area contributed by atoms with E-state index in [0.717, 1.165) is 11.1 Å². The highest BCUT2D eigenvalue weighted by atomic mass is 19.1. The number of halogens is 1. The van der Waals surface area contributed by atoms with Crippen molar-refractivity contribution >= 4 is 11.6 Å². The van der Waals surface area contributed by atoms with Crippen LogP contribution in [0, 0.1) is 12.7 Å². The van der Waals surface area contributed by atoms with Crippen molar-refractivity contribution in [2.45, 2.75) is 13.5 Å². The molecule has 0 unspecified atom stereocenters. The van der Waals surface area contributed by atoms with Crippen LogP contribution in [0.4, 0.5) is 10.1 Å². The lowest BCUT2D eigenvalue weighted by atomic mass is 10.2. The number of aromatic nitrogens is 3. The average Bonchev–Trinajstić information content (AvgIpc) is 3.00. The maximum Gasteiger partial charge on any atom is 0.277 e. The number of rotatable bonds is 4. The molecule has 1 heterocycles. The fourth-order valence-corrected chi connectivity index (χ4v) is 2.16. The van der Waals surface area contributed by atoms with Gasteiger partial charge in [-0.3, -0.25) is 4.79 Å². The molecule has 116 valence electrons. The van der Waals surface area contributed by atoms with E-state index in [1.165, 1.54) is 18.3 Å². The number of hydrogen-bond acceptors (Lipinski definition) is 3. The van der Waals surface area contributed by atoms with E-state index in [0.29, 0.717) is 6.54 Å². The van der Waals surface area contributed by atoms with Crippen LogP contribution in [-0.4, -0.2) is 20.9 Å². The van der Waals surface area contributed by atoms with Crippen LogP contribution >= 0.6 is 0 Å². The molecule has 3 rings (SSSR count). The molecule has 0 radical (unpaired) electrons. The molecule has 0 aliphatic rings. The highest BCUT2D eigenvalue weighted by molar-refractivity contribution is 6.02. The van der Waals surface area contributed by atoms with Crippen molar-refractivity contribution < 1.29 is 9.18 Å². The van der Waals surface area contributed by atoms with Crippen molar-refractivity contribution in [1.82, 2.24) is 15.0 Å². The summed E-state index contributed by atoms with van der Waals surface area (Å²) in [7, 11) is 0. The third-order valence-electron chi connectivity index (χ3n) is 3.33. The van der Waals surface area contributed by atoms with Gasteiger partial charge in [-0.2, -0.15) is 0 Å². The van der Waals surface area contributed by atoms with Crippen LogP contribution in [0.15, 0.2) is 54.7 Å². The fourth-order valence-electron chi connectivity index (χ4n) is 2.16. The summed E-state index contributed by atoms with van der Waals surface area (Å²) >= 11 is 0. The Morgan fingerprint density at radius 2 is 2.00 bits per heavy atom. The number of nitrogens with zero attached hydrogens (tertiary/aromatic N) is 3. The second-order valence-corrected chi connectivity index (χ2v) is 5.22. The van der Waals surface area contributed by atoms with Crippen LogP contribution < -0.4 is 5.32 Å². The molecule has 1 aromatic heterocycles. The van der Waals surface area contributed by atoms with Gasteiger partial charge in [0.15, 0.2) is 5.69 Å². The number of aryl methyl sites for hydroxylation is 1. The van der Waals surface area contributed by atoms with Crippen molar-refractivity contribution in [1.29, 1.82) is 0 Å². The minimum Gasteiger partial charge on any atom is -0.318 e. The largest absolute Gasteiger partial charge is 0.318 e. The Bertz CT molecular complexity index is 830. The van der Waals surface area contributed by atoms with Gasteiger partial charge < -0.3 is 5.32 Å². The van der Waals surface area contributed by atoms with E-state index in [-0.39, 0.29) is 11.4 Å². The summed E-state index contributed by atoms with van der Waals surface area (Å²) in [6.45, 7) is 2.30. The third kappa shape index (κ3) is 3.60. The van der Waals surface area contributed by atoms with Gasteiger partial charge in [-0.1, -0.05) is 41.6 Å². The van der Waals surface area contributed by atoms with Crippen molar-refractivity contribution in [2.75, 3.05) is 5.32 Å². The molecule has 23 heavy (non-hydrogen) atoms. The minimum absolute atomic E-state index is 0.123. The topological polar surface area (TPSA) is 59.8 Å². The Kier molecular flexibility index (Phi) is 4.14. The SMILES string of the molecule is Cc1ccc(NC(=O)c2cn(Cc3ccccc3)nn2)c(F)c1. The number of benzene rings is 2. The molecule has 0 saturated heterocycles. The smallest absolute Gasteiger partial charge is 0.277 e. The van der Waals surface area contributed by atoms with E-state index in [2.05, 4.69) is 15.6 Å². The first-order valence-electron chi connectivity index (χ1n) is 7.13. The van der Waals surface area contributed by atoms with Crippen molar-refractivity contribution in [2.24, 2.45) is 0 Å². The quantitative estimate of drug-likeness (QED) is 0.806. The van der Waals surface area contributed by atoms with E-state index < -0.39 is 11.7 Å². The van der Waals surface area contributed by atoms with Crippen molar-refractivity contribution in [3.63, 3.8) is 0 Å². The highest BCUT2D eigenvalue weighted by Crippen LogP contribution is 2.16. The number of carbonyl (C=O) groups is 1. The van der Waals surface area contributed by atoms with Gasteiger partial charge in [-0.05, 0) is 30.2 Å². The first-order valence-corrected chi connectivity index (χ1v) is 7.13. The molecule has 0 bridgehead atoms. The summed E-state index contributed by atoms with van der Waals surface area (Å²) in [5.41, 5.74) is 2.10. The number of anilines is 1. The molecule has 1 N–H and O–H groups in total. The van der Waals surface area contributed by atoms with Gasteiger partial charge in [0.05, 0.1) is 18.4 Å². The molecule has 5 nitrogen and oxygen atoms in total. The average molecular weight is 310 g/mol. The molecule has 0 saturated carbocycles. The maximum atomic E-state index is 13.8. The van der Waals surface area contributed by atoms with E-state index in [1.54, 1.807) is 17.7 Å². The number of carbonyl (C=O) groups excluding carboxylic acids is 1. The summed E-state index contributed by atoms with van der Waals surface area (Å²) in [6.07, 6.45) is 1.54. The number of hydrogen-bond donors (Lipinski definition) is 1. The molecular weight excluding hydrogens is 295 g/mol. The lowest BCUT2D eigenvalue weighted by Crippen LogP contribution is -2.13. The summed E-state index contributed by atoms with van der Waals surface area (Å²) in [4.78, 5) is 12.1. The Morgan fingerprint density at radius 1 is 1.22 bits per heavy atom. The Morgan fingerprint density at radius 3 is 2.74 bits per heavy atom. The summed E-state index contributed by atoms with van der Waals surface area (Å²) in [5.74, 6) is -0.970. The molecule has 0 aliphatic heterocycles. The van der Waals surface area contributed by atoms with Gasteiger partial charge in [-0.25, -0.2) is 9.07 Å². The zero-order valence-electron chi connectivity index (χ0n) is 12.5. The van der Waals surface area contributed by atoms with Crippen LogP contribution in [-0.2, 0) is 6.54 Å². The van der Waals surface area contributed by atoms with Crippen LogP contribution in [0.2, 0.25) is 0 Å². The Labute approximate surface area is 132 Å². The van der Waals surface area contributed by atoms with E-state index in [1.807, 2.05) is 30.3 Å². The van der Waals surface area contributed by atoms with Gasteiger partial charge in [0.2, 0.25) is 0 Å². The first-order chi connectivity index (χ1) is 11.1. The normalized spacial score (nSPS) is 10.5. The zero-order valence-corrected chi connectivity index (χ0v) is 12.5. The standard InChI is InChI=1S/C17H15FN4O/c1-12-7-8-15(14(18)9-12)19-17(23)16-11-22(21-20-16)10-13-5-3-2-4-6-13/h2-9,11H,10H2,1H3,(H,19,23). The molecule has 0 fully saturated rings. The fraction of sp³-hybridized carbons (Fsp3) is 0.118. The number of nitrogens with one attached hydrogen (secondary N) is 1. The van der Waals surface area contributed by atoms with E-state index >= 15 is 0 Å². The molecular formula is C17H15FN4O. The van der Waals surface area contributed by atoms with Gasteiger partial charge in [-0.15, -0.1) is 5.10 Å². The van der Waals surface area contributed by atoms with E-state index in [9.17, 15) is 9.18 Å². The molecule has 6 heteroatoms. The second kappa shape index (κ2) is 6.39. The lowest BCUT2D eigenvalue weighted by molar-refractivity contribution is 0.102. The van der Waals surface area contributed by atoms with Gasteiger partial charge in [0.25, 0.3) is 5.91 Å². The van der Waals surface area contributed by atoms with Crippen molar-refractivity contribution in [3.05, 3.63) is 77.4 Å². The molecule has 1 amide bonds. The van der Waals surface area contributed by atoms with Crippen LogP contribution in [0.1, 0.15) is 21.6 Å². The predicted molar refractivity (Wildman–Crippen MR) is 84.7 cm³/mol. The number of amides is 1. The monoisotopic (exact) mass is 310 g/mol. The van der Waals surface area contributed by atoms with Crippen LogP contribution in [0.5, 0.6) is 0 Å². The maximum absolute atomic E-state index is 13.8. The summed E-state index contributed by atoms with van der Waals surface area (Å²) < 4.78 is 15.3. The van der Waals surface area contributed by atoms with E-state index in [4.69, 9.17) is 0 Å². The second-order valence-electron chi connectivity index (χ2n) is 5.22. The van der Waals surface area contributed by atoms with Gasteiger partial charge in [0, 0.05) is 0 Å². The Balaban J connectivity index is 1.71. The summed E-state index contributed by atoms with van der Waals surface area (Å²) in [5, 5.41) is 10.3. The predicted octanol–water partition coefficient (Wildman–Crippen LogP) is 3.03. The van der Waals surface area contributed by atoms with Crippen LogP contribution in [0.3, 0.4) is 0 Å². The minimum atomic E-state index is -0.493. The van der Waals surface area contributed by atoms with Gasteiger partial charge in [0.1, 0.15) is 5.82 Å². The Hall–Kier alpha value is -3.02. The highest BCUT2D eigenvalue weighted by Gasteiger charge is 2.13. The zero-order chi connectivity index (χ0) is 16.2. The van der Waals surface area contributed by atoms with Crippen LogP contribution in [0.25, 0.3) is 0 Å². The molecule has 0 aliphatic carbocycles. The molecule has 3 aromatic rings. The lowest BCUT2D eigenvalue weighted by Gasteiger charge is -2.05. The molecule has 0 spiro atoms. The summed E-state index contributed by atoms with van der Waals surface area (Å²) in [6, 6.07) is 14.3. The first kappa shape index (κ1) is 14.9. The van der Waals surface area contributed by atoms with Crippen molar-refractivity contribution in [3.8, 4) is 0 Å². The molecule has 0 atom stereocenters. The van der Waals surface area contributed by atoms with Gasteiger partial charge >= 0.3 is 0 Å². The molecule has 2 aromatic carbocycles. The third-order valence-corrected chi connectivity index (χ3v) is 3.33.